The van der Waals surface area contributed by atoms with Crippen molar-refractivity contribution in [3.8, 4) is 11.5 Å². The Labute approximate surface area is 167 Å². The van der Waals surface area contributed by atoms with Crippen LogP contribution in [-0.2, 0) is 6.42 Å². The zero-order chi connectivity index (χ0) is 19.6. The first kappa shape index (κ1) is 19.9. The number of rotatable bonds is 5. The zero-order valence-corrected chi connectivity index (χ0v) is 17.4. The van der Waals surface area contributed by atoms with Gasteiger partial charge in [-0.3, -0.25) is 10.3 Å². The van der Waals surface area contributed by atoms with E-state index in [1.54, 1.807) is 14.2 Å². The standard InChI is InChI=1S/C20H30N4O2S/c1-12(2)7-14-11-24-6-5-13-8-18(25-3)19(26-4)9-15(13)17(24)10-16(14)22-23-20(21)27/h8-9,12,14,17H,5-7,10-11H2,1-4H3,(H3,21,23,27)/b22-16+/t14-,17-/m0/s1. The molecular weight excluding hydrogens is 360 g/mol. The van der Waals surface area contributed by atoms with Gasteiger partial charge >= 0.3 is 0 Å². The van der Waals surface area contributed by atoms with Crippen molar-refractivity contribution in [3.63, 3.8) is 0 Å². The van der Waals surface area contributed by atoms with E-state index in [2.05, 4.69) is 41.4 Å². The minimum absolute atomic E-state index is 0.212. The lowest BCUT2D eigenvalue weighted by molar-refractivity contribution is 0.147. The Kier molecular flexibility index (Phi) is 6.22. The Bertz CT molecular complexity index is 735. The van der Waals surface area contributed by atoms with E-state index in [-0.39, 0.29) is 5.11 Å². The fourth-order valence-corrected chi connectivity index (χ4v) is 4.38. The summed E-state index contributed by atoms with van der Waals surface area (Å²) >= 11 is 4.95. The van der Waals surface area contributed by atoms with Crippen molar-refractivity contribution in [2.24, 2.45) is 22.7 Å². The van der Waals surface area contributed by atoms with E-state index in [1.165, 1.54) is 11.1 Å². The van der Waals surface area contributed by atoms with Crippen molar-refractivity contribution in [1.29, 1.82) is 0 Å². The predicted molar refractivity (Wildman–Crippen MR) is 112 cm³/mol. The van der Waals surface area contributed by atoms with Crippen LogP contribution in [0.1, 0.15) is 43.9 Å². The van der Waals surface area contributed by atoms with Gasteiger partial charge < -0.3 is 15.2 Å². The second-order valence-electron chi connectivity index (χ2n) is 7.78. The van der Waals surface area contributed by atoms with Crippen molar-refractivity contribution >= 4 is 23.0 Å². The van der Waals surface area contributed by atoms with Gasteiger partial charge in [-0.2, -0.15) is 5.10 Å². The molecule has 0 unspecified atom stereocenters. The van der Waals surface area contributed by atoms with Gasteiger partial charge in [-0.05, 0) is 54.2 Å². The highest BCUT2D eigenvalue weighted by atomic mass is 32.1. The molecule has 1 fully saturated rings. The average molecular weight is 391 g/mol. The maximum Gasteiger partial charge on any atom is 0.184 e. The van der Waals surface area contributed by atoms with Gasteiger partial charge in [0, 0.05) is 37.2 Å². The fourth-order valence-electron chi connectivity index (χ4n) is 4.33. The number of hydrazone groups is 1. The largest absolute Gasteiger partial charge is 0.493 e. The number of thiocarbonyl (C=S) groups is 1. The summed E-state index contributed by atoms with van der Waals surface area (Å²) in [6.07, 6.45) is 3.01. The molecule has 2 heterocycles. The highest BCUT2D eigenvalue weighted by Crippen LogP contribution is 2.42. The van der Waals surface area contributed by atoms with E-state index >= 15 is 0 Å². The van der Waals surface area contributed by atoms with Gasteiger partial charge in [-0.25, -0.2) is 0 Å². The van der Waals surface area contributed by atoms with Crippen molar-refractivity contribution in [1.82, 2.24) is 10.3 Å². The lowest BCUT2D eigenvalue weighted by atomic mass is 9.79. The SMILES string of the molecule is COc1cc2c(cc1OC)[C@@H]1C/C(=N\NC(N)=S)[C@@H](CC(C)C)CN1CC2. The summed E-state index contributed by atoms with van der Waals surface area (Å²) < 4.78 is 11.0. The molecule has 0 spiro atoms. The first-order valence-corrected chi connectivity index (χ1v) is 9.94. The van der Waals surface area contributed by atoms with Crippen LogP contribution >= 0.6 is 12.2 Å². The number of piperidine rings is 1. The summed E-state index contributed by atoms with van der Waals surface area (Å²) in [4.78, 5) is 2.58. The third-order valence-electron chi connectivity index (χ3n) is 5.51. The summed E-state index contributed by atoms with van der Waals surface area (Å²) in [5, 5.41) is 4.79. The molecule has 0 aromatic heterocycles. The van der Waals surface area contributed by atoms with Crippen molar-refractivity contribution in [2.45, 2.75) is 39.2 Å². The third kappa shape index (κ3) is 4.35. The second-order valence-corrected chi connectivity index (χ2v) is 8.22. The van der Waals surface area contributed by atoms with Gasteiger partial charge in [0.25, 0.3) is 0 Å². The average Bonchev–Trinajstić information content (AvgIpc) is 2.64. The molecule has 0 bridgehead atoms. The molecule has 3 rings (SSSR count). The molecule has 7 heteroatoms. The number of nitrogens with one attached hydrogen (secondary N) is 1. The second kappa shape index (κ2) is 8.44. The zero-order valence-electron chi connectivity index (χ0n) is 16.6. The number of methoxy groups -OCH3 is 2. The quantitative estimate of drug-likeness (QED) is 0.595. The molecule has 1 saturated heterocycles. The van der Waals surface area contributed by atoms with Crippen molar-refractivity contribution in [3.05, 3.63) is 23.3 Å². The number of hydrogen-bond donors (Lipinski definition) is 2. The number of hydrogen-bond acceptors (Lipinski definition) is 5. The summed E-state index contributed by atoms with van der Waals surface area (Å²) in [5.74, 6) is 2.61. The summed E-state index contributed by atoms with van der Waals surface area (Å²) in [6.45, 7) is 6.58. The molecule has 1 aromatic carbocycles. The molecule has 0 aliphatic carbocycles. The highest BCUT2D eigenvalue weighted by Gasteiger charge is 2.37. The third-order valence-corrected chi connectivity index (χ3v) is 5.60. The maximum absolute atomic E-state index is 5.61. The lowest BCUT2D eigenvalue weighted by Crippen LogP contribution is -2.47. The Morgan fingerprint density at radius 1 is 1.33 bits per heavy atom. The van der Waals surface area contributed by atoms with Crippen LogP contribution < -0.4 is 20.6 Å². The van der Waals surface area contributed by atoms with E-state index < -0.39 is 0 Å². The molecule has 27 heavy (non-hydrogen) atoms. The predicted octanol–water partition coefficient (Wildman–Crippen LogP) is 2.86. The Hall–Kier alpha value is -1.86. The Balaban J connectivity index is 1.93. The minimum atomic E-state index is 0.212. The first-order chi connectivity index (χ1) is 12.9. The number of benzene rings is 1. The molecule has 3 N–H and O–H groups in total. The van der Waals surface area contributed by atoms with E-state index in [9.17, 15) is 0 Å². The molecular formula is C20H30N4O2S. The fraction of sp³-hybridized carbons (Fsp3) is 0.600. The maximum atomic E-state index is 5.61. The van der Waals surface area contributed by atoms with E-state index in [1.807, 2.05) is 0 Å². The van der Waals surface area contributed by atoms with E-state index in [4.69, 9.17) is 27.4 Å². The molecule has 0 saturated carbocycles. The van der Waals surface area contributed by atoms with Crippen LogP contribution in [-0.4, -0.2) is 43.0 Å². The van der Waals surface area contributed by atoms with Gasteiger partial charge in [0.15, 0.2) is 16.6 Å². The molecule has 2 aliphatic heterocycles. The summed E-state index contributed by atoms with van der Waals surface area (Å²) in [5.41, 5.74) is 12.2. The van der Waals surface area contributed by atoms with Gasteiger partial charge in [-0.1, -0.05) is 13.8 Å². The molecule has 2 atom stereocenters. The smallest absolute Gasteiger partial charge is 0.184 e. The lowest BCUT2D eigenvalue weighted by Gasteiger charge is -2.44. The van der Waals surface area contributed by atoms with Gasteiger partial charge in [-0.15, -0.1) is 0 Å². The first-order valence-electron chi connectivity index (χ1n) is 9.53. The van der Waals surface area contributed by atoms with Crippen LogP contribution in [0, 0.1) is 11.8 Å². The molecule has 6 nitrogen and oxygen atoms in total. The van der Waals surface area contributed by atoms with Crippen LogP contribution in [0.3, 0.4) is 0 Å². The normalized spacial score (nSPS) is 23.7. The van der Waals surface area contributed by atoms with E-state index in [0.717, 1.165) is 49.6 Å². The molecule has 0 radical (unpaired) electrons. The Morgan fingerprint density at radius 3 is 2.67 bits per heavy atom. The topological polar surface area (TPSA) is 72.1 Å². The van der Waals surface area contributed by atoms with Crippen LogP contribution in [0.15, 0.2) is 17.2 Å². The van der Waals surface area contributed by atoms with Crippen molar-refractivity contribution in [2.75, 3.05) is 27.3 Å². The van der Waals surface area contributed by atoms with Gasteiger partial charge in [0.2, 0.25) is 0 Å². The Morgan fingerprint density at radius 2 is 2.04 bits per heavy atom. The summed E-state index contributed by atoms with van der Waals surface area (Å²) in [6, 6.07) is 4.55. The van der Waals surface area contributed by atoms with Crippen LogP contribution in [0.4, 0.5) is 0 Å². The van der Waals surface area contributed by atoms with Gasteiger partial charge in [0.1, 0.15) is 0 Å². The molecule has 1 aromatic rings. The minimum Gasteiger partial charge on any atom is -0.493 e. The molecule has 0 amide bonds. The van der Waals surface area contributed by atoms with Crippen molar-refractivity contribution < 1.29 is 9.47 Å². The monoisotopic (exact) mass is 390 g/mol. The molecule has 2 aliphatic rings. The number of ether oxygens (including phenoxy) is 2. The van der Waals surface area contributed by atoms with Crippen LogP contribution in [0.2, 0.25) is 0 Å². The number of fused-ring (bicyclic) bond motifs is 3. The number of nitrogens with two attached hydrogens (primary N) is 1. The van der Waals surface area contributed by atoms with Crippen LogP contribution in [0.5, 0.6) is 11.5 Å². The van der Waals surface area contributed by atoms with E-state index in [0.29, 0.717) is 17.9 Å². The summed E-state index contributed by atoms with van der Waals surface area (Å²) in [7, 11) is 3.37. The number of nitrogens with zero attached hydrogens (tertiary/aromatic N) is 2. The molecule has 148 valence electrons. The highest BCUT2D eigenvalue weighted by molar-refractivity contribution is 7.80. The van der Waals surface area contributed by atoms with Crippen LogP contribution in [0.25, 0.3) is 0 Å². The van der Waals surface area contributed by atoms with Gasteiger partial charge in [0.05, 0.1) is 14.2 Å².